The Labute approximate surface area is 194 Å². The fourth-order valence-electron chi connectivity index (χ4n) is 2.34. The predicted molar refractivity (Wildman–Crippen MR) is 129 cm³/mol. The van der Waals surface area contributed by atoms with Crippen LogP contribution in [0.2, 0.25) is 5.02 Å². The summed E-state index contributed by atoms with van der Waals surface area (Å²) < 4.78 is 0. The third kappa shape index (κ3) is 15.1. The highest BCUT2D eigenvalue weighted by atomic mass is 35.5. The van der Waals surface area contributed by atoms with E-state index in [2.05, 4.69) is 5.32 Å². The molecule has 2 rings (SSSR count). The first-order valence-corrected chi connectivity index (χ1v) is 10.6. The zero-order chi connectivity index (χ0) is 24.4. The van der Waals surface area contributed by atoms with Crippen LogP contribution in [0.5, 0.6) is 0 Å². The van der Waals surface area contributed by atoms with Crippen LogP contribution in [0.15, 0.2) is 48.5 Å². The van der Waals surface area contributed by atoms with Crippen LogP contribution in [-0.4, -0.2) is 42.4 Å². The summed E-state index contributed by atoms with van der Waals surface area (Å²) in [5.74, 6) is -1.05. The van der Waals surface area contributed by atoms with Gasteiger partial charge in [0, 0.05) is 23.2 Å². The van der Waals surface area contributed by atoms with E-state index in [9.17, 15) is 14.4 Å². The van der Waals surface area contributed by atoms with Gasteiger partial charge in [0.15, 0.2) is 0 Å². The maximum atomic E-state index is 10.6. The fraction of sp³-hybridized carbons (Fsp3) is 0.348. The second kappa shape index (κ2) is 17.9. The number of benzene rings is 2. The van der Waals surface area contributed by atoms with Crippen LogP contribution in [0.3, 0.4) is 0 Å². The number of carboxylic acid groups (broad SMARTS) is 1. The highest BCUT2D eigenvalue weighted by molar-refractivity contribution is 6.30. The van der Waals surface area contributed by atoms with Crippen molar-refractivity contribution in [2.75, 3.05) is 18.4 Å². The maximum absolute atomic E-state index is 10.6. The number of anilines is 1. The molecule has 8 nitrogen and oxygen atoms in total. The Morgan fingerprint density at radius 1 is 1.09 bits per heavy atom. The lowest BCUT2D eigenvalue weighted by Crippen LogP contribution is -2.29. The van der Waals surface area contributed by atoms with Gasteiger partial charge in [-0.1, -0.05) is 30.2 Å². The van der Waals surface area contributed by atoms with Crippen molar-refractivity contribution in [1.29, 1.82) is 0 Å². The summed E-state index contributed by atoms with van der Waals surface area (Å²) in [6.07, 6.45) is 3.83. The highest BCUT2D eigenvalue weighted by Gasteiger charge is 2.09. The van der Waals surface area contributed by atoms with Crippen molar-refractivity contribution >= 4 is 35.5 Å². The van der Waals surface area contributed by atoms with E-state index in [0.717, 1.165) is 30.6 Å². The van der Waals surface area contributed by atoms with Crippen LogP contribution in [0.25, 0.3) is 0 Å². The molecule has 0 saturated carbocycles. The number of hydrogen-bond acceptors (Lipinski definition) is 6. The maximum Gasteiger partial charge on any atom is 0.320 e. The first-order valence-electron chi connectivity index (χ1n) is 10.2. The van der Waals surface area contributed by atoms with E-state index in [1.807, 2.05) is 24.3 Å². The molecule has 0 aliphatic rings. The number of unbranched alkanes of at least 4 members (excludes halogenated alkanes) is 1. The minimum Gasteiger partial charge on any atom is -0.480 e. The largest absolute Gasteiger partial charge is 0.480 e. The number of aliphatic carboxylic acids is 1. The van der Waals surface area contributed by atoms with Crippen LogP contribution >= 0.6 is 11.6 Å². The molecule has 176 valence electrons. The van der Waals surface area contributed by atoms with Crippen molar-refractivity contribution in [3.63, 3.8) is 0 Å². The number of carbonyl (C=O) groups is 3. The standard InChI is InChI=1S/C9H9NO2.C8H10ClN.C6H14N2O2/c1-7(12)10-9-4-2-8(6-11)3-5-9;9-8-3-1-2-7(6-8)4-5-10;7-4-2-1-3-5(8)6(9)10/h2-6H,1H3,(H,10,12);1-3,6H,4-5,10H2;5H,1-4,7-8H2,(H,9,10)/t;;5-/m..0/s1. The summed E-state index contributed by atoms with van der Waals surface area (Å²) in [5.41, 5.74) is 18.3. The predicted octanol–water partition coefficient (Wildman–Crippen LogP) is 2.83. The number of rotatable bonds is 9. The van der Waals surface area contributed by atoms with Gasteiger partial charge < -0.3 is 27.6 Å². The highest BCUT2D eigenvalue weighted by Crippen LogP contribution is 2.10. The molecule has 1 amide bonds. The van der Waals surface area contributed by atoms with E-state index in [1.54, 1.807) is 24.3 Å². The Morgan fingerprint density at radius 2 is 1.75 bits per heavy atom. The number of carboxylic acids is 1. The average molecular weight is 465 g/mol. The van der Waals surface area contributed by atoms with Crippen molar-refractivity contribution in [1.82, 2.24) is 0 Å². The molecule has 32 heavy (non-hydrogen) atoms. The molecule has 0 radical (unpaired) electrons. The van der Waals surface area contributed by atoms with Crippen LogP contribution in [0, 0.1) is 0 Å². The van der Waals surface area contributed by atoms with Crippen molar-refractivity contribution in [2.45, 2.75) is 38.6 Å². The monoisotopic (exact) mass is 464 g/mol. The molecule has 1 atom stereocenters. The molecule has 0 aliphatic heterocycles. The molecule has 0 fully saturated rings. The van der Waals surface area contributed by atoms with Gasteiger partial charge in [0.05, 0.1) is 0 Å². The van der Waals surface area contributed by atoms with Gasteiger partial charge in [-0.25, -0.2) is 0 Å². The molecular formula is C23H33ClN4O4. The van der Waals surface area contributed by atoms with E-state index in [0.29, 0.717) is 30.8 Å². The summed E-state index contributed by atoms with van der Waals surface area (Å²) >= 11 is 5.74. The van der Waals surface area contributed by atoms with E-state index in [1.165, 1.54) is 12.5 Å². The third-order valence-corrected chi connectivity index (χ3v) is 4.21. The van der Waals surface area contributed by atoms with Crippen LogP contribution < -0.4 is 22.5 Å². The SMILES string of the molecule is CC(=O)Nc1ccc(C=O)cc1.NCCCC[C@H](N)C(=O)O.NCCc1cccc(Cl)c1. The van der Waals surface area contributed by atoms with Crippen molar-refractivity contribution < 1.29 is 19.5 Å². The normalized spacial score (nSPS) is 10.5. The Balaban J connectivity index is 0.000000454. The molecular weight excluding hydrogens is 432 g/mol. The Bertz CT molecular complexity index is 816. The topological polar surface area (TPSA) is 162 Å². The van der Waals surface area contributed by atoms with Gasteiger partial charge in [-0.05, 0) is 74.3 Å². The molecule has 8 N–H and O–H groups in total. The summed E-state index contributed by atoms with van der Waals surface area (Å²) in [6, 6.07) is 13.7. The van der Waals surface area contributed by atoms with Crippen molar-refractivity contribution in [3.05, 3.63) is 64.7 Å². The number of nitrogens with one attached hydrogen (secondary N) is 1. The number of amides is 1. The van der Waals surface area contributed by atoms with E-state index >= 15 is 0 Å². The number of nitrogens with two attached hydrogens (primary N) is 3. The van der Waals surface area contributed by atoms with E-state index < -0.39 is 12.0 Å². The summed E-state index contributed by atoms with van der Waals surface area (Å²) in [4.78, 5) is 31.0. The number of carbonyl (C=O) groups excluding carboxylic acids is 2. The smallest absolute Gasteiger partial charge is 0.320 e. The summed E-state index contributed by atoms with van der Waals surface area (Å²) in [5, 5.41) is 11.7. The molecule has 2 aromatic rings. The lowest BCUT2D eigenvalue weighted by Gasteiger charge is -2.03. The van der Waals surface area contributed by atoms with Crippen molar-refractivity contribution in [2.24, 2.45) is 17.2 Å². The van der Waals surface area contributed by atoms with Crippen LogP contribution in [0.1, 0.15) is 42.1 Å². The molecule has 9 heteroatoms. The lowest BCUT2D eigenvalue weighted by molar-refractivity contribution is -0.138. The second-order valence-electron chi connectivity index (χ2n) is 6.82. The minimum atomic E-state index is -0.933. The van der Waals surface area contributed by atoms with Crippen LogP contribution in [0.4, 0.5) is 5.69 Å². The van der Waals surface area contributed by atoms with E-state index in [4.69, 9.17) is 33.9 Å². The summed E-state index contributed by atoms with van der Waals surface area (Å²) in [7, 11) is 0. The average Bonchev–Trinajstić information content (AvgIpc) is 2.75. The van der Waals surface area contributed by atoms with Gasteiger partial charge in [-0.3, -0.25) is 14.4 Å². The van der Waals surface area contributed by atoms with Gasteiger partial charge in [0.2, 0.25) is 5.91 Å². The van der Waals surface area contributed by atoms with Crippen molar-refractivity contribution in [3.8, 4) is 0 Å². The van der Waals surface area contributed by atoms with E-state index in [-0.39, 0.29) is 5.91 Å². The van der Waals surface area contributed by atoms with Gasteiger partial charge in [0.1, 0.15) is 12.3 Å². The Morgan fingerprint density at radius 3 is 2.22 bits per heavy atom. The third-order valence-electron chi connectivity index (χ3n) is 3.98. The minimum absolute atomic E-state index is 0.117. The van der Waals surface area contributed by atoms with Gasteiger partial charge in [-0.2, -0.15) is 0 Å². The number of halogens is 1. The van der Waals surface area contributed by atoms with Gasteiger partial charge >= 0.3 is 5.97 Å². The molecule has 0 spiro atoms. The summed E-state index contributed by atoms with van der Waals surface area (Å²) in [6.45, 7) is 2.72. The lowest BCUT2D eigenvalue weighted by atomic mass is 10.1. The van der Waals surface area contributed by atoms with Gasteiger partial charge in [0.25, 0.3) is 0 Å². The molecule has 0 saturated heterocycles. The van der Waals surface area contributed by atoms with Crippen LogP contribution in [-0.2, 0) is 16.0 Å². The molecule has 0 heterocycles. The first-order chi connectivity index (χ1) is 15.2. The molecule has 0 aromatic heterocycles. The number of hydrogen-bond donors (Lipinski definition) is 5. The van der Waals surface area contributed by atoms with Gasteiger partial charge in [-0.15, -0.1) is 0 Å². The second-order valence-corrected chi connectivity index (χ2v) is 7.26. The quantitative estimate of drug-likeness (QED) is 0.281. The molecule has 0 aliphatic carbocycles. The fourth-order valence-corrected chi connectivity index (χ4v) is 2.55. The zero-order valence-corrected chi connectivity index (χ0v) is 19.1. The Hall–Kier alpha value is -2.78. The Kier molecular flexibility index (Phi) is 16.3. The molecule has 0 unspecified atom stereocenters. The molecule has 2 aromatic carbocycles. The zero-order valence-electron chi connectivity index (χ0n) is 18.3. The first kappa shape index (κ1) is 29.2. The number of aldehydes is 1. The molecule has 0 bridgehead atoms.